The summed E-state index contributed by atoms with van der Waals surface area (Å²) in [5.74, 6) is 0.188. The van der Waals surface area contributed by atoms with Crippen LogP contribution in [-0.4, -0.2) is 39.1 Å². The van der Waals surface area contributed by atoms with E-state index in [2.05, 4.69) is 11.4 Å². The SMILES string of the molecule is CCNC1CCN(c2cccc(N(C)C)c2)C1=O. The molecule has 0 aromatic heterocycles. The van der Waals surface area contributed by atoms with Crippen LogP contribution in [0.25, 0.3) is 0 Å². The number of rotatable bonds is 4. The van der Waals surface area contributed by atoms with Crippen molar-refractivity contribution in [1.29, 1.82) is 0 Å². The molecular weight excluding hydrogens is 226 g/mol. The van der Waals surface area contributed by atoms with Crippen molar-refractivity contribution in [1.82, 2.24) is 5.32 Å². The fourth-order valence-electron chi connectivity index (χ4n) is 2.31. The quantitative estimate of drug-likeness (QED) is 0.875. The van der Waals surface area contributed by atoms with Gasteiger partial charge in [-0.3, -0.25) is 4.79 Å². The zero-order chi connectivity index (χ0) is 13.1. The Balaban J connectivity index is 2.17. The number of benzene rings is 1. The molecule has 98 valence electrons. The Kier molecular flexibility index (Phi) is 3.87. The fraction of sp³-hybridized carbons (Fsp3) is 0.500. The second kappa shape index (κ2) is 5.40. The van der Waals surface area contributed by atoms with Crippen LogP contribution in [0.1, 0.15) is 13.3 Å². The highest BCUT2D eigenvalue weighted by atomic mass is 16.2. The van der Waals surface area contributed by atoms with Crippen molar-refractivity contribution in [2.75, 3.05) is 37.0 Å². The summed E-state index contributed by atoms with van der Waals surface area (Å²) in [5.41, 5.74) is 2.11. The second-order valence-electron chi connectivity index (χ2n) is 4.80. The molecule has 0 bridgehead atoms. The number of amides is 1. The van der Waals surface area contributed by atoms with Crippen LogP contribution in [0.2, 0.25) is 0 Å². The Morgan fingerprint density at radius 3 is 2.89 bits per heavy atom. The molecule has 4 nitrogen and oxygen atoms in total. The van der Waals surface area contributed by atoms with E-state index in [4.69, 9.17) is 0 Å². The predicted octanol–water partition coefficient (Wildman–Crippen LogP) is 1.47. The van der Waals surface area contributed by atoms with Crippen LogP contribution in [0.15, 0.2) is 24.3 Å². The first kappa shape index (κ1) is 12.9. The highest BCUT2D eigenvalue weighted by Crippen LogP contribution is 2.25. The maximum Gasteiger partial charge on any atom is 0.244 e. The van der Waals surface area contributed by atoms with Gasteiger partial charge in [-0.2, -0.15) is 0 Å². The fourth-order valence-corrected chi connectivity index (χ4v) is 2.31. The highest BCUT2D eigenvalue weighted by Gasteiger charge is 2.31. The zero-order valence-corrected chi connectivity index (χ0v) is 11.3. The maximum absolute atomic E-state index is 12.2. The second-order valence-corrected chi connectivity index (χ2v) is 4.80. The van der Waals surface area contributed by atoms with Gasteiger partial charge in [0.1, 0.15) is 0 Å². The summed E-state index contributed by atoms with van der Waals surface area (Å²) in [5, 5.41) is 3.23. The summed E-state index contributed by atoms with van der Waals surface area (Å²) in [7, 11) is 4.01. The number of nitrogens with one attached hydrogen (secondary N) is 1. The van der Waals surface area contributed by atoms with Gasteiger partial charge in [0.15, 0.2) is 0 Å². The number of hydrogen-bond acceptors (Lipinski definition) is 3. The lowest BCUT2D eigenvalue weighted by Crippen LogP contribution is -2.38. The molecular formula is C14H21N3O. The highest BCUT2D eigenvalue weighted by molar-refractivity contribution is 5.99. The van der Waals surface area contributed by atoms with Gasteiger partial charge < -0.3 is 15.1 Å². The average Bonchev–Trinajstić information content (AvgIpc) is 2.72. The number of hydrogen-bond donors (Lipinski definition) is 1. The van der Waals surface area contributed by atoms with Crippen LogP contribution in [0.4, 0.5) is 11.4 Å². The average molecular weight is 247 g/mol. The smallest absolute Gasteiger partial charge is 0.244 e. The Labute approximate surface area is 109 Å². The summed E-state index contributed by atoms with van der Waals surface area (Å²) in [4.78, 5) is 16.1. The van der Waals surface area contributed by atoms with Crippen molar-refractivity contribution in [3.8, 4) is 0 Å². The van der Waals surface area contributed by atoms with Crippen molar-refractivity contribution in [3.05, 3.63) is 24.3 Å². The molecule has 1 aliphatic rings. The molecule has 1 N–H and O–H groups in total. The minimum Gasteiger partial charge on any atom is -0.378 e. The lowest BCUT2D eigenvalue weighted by atomic mass is 10.2. The molecule has 1 heterocycles. The number of likely N-dealkylation sites (N-methyl/N-ethyl adjacent to an activating group) is 1. The molecule has 1 aromatic carbocycles. The lowest BCUT2D eigenvalue weighted by molar-refractivity contribution is -0.118. The number of anilines is 2. The Morgan fingerprint density at radius 1 is 1.44 bits per heavy atom. The summed E-state index contributed by atoms with van der Waals surface area (Å²) in [6, 6.07) is 8.09. The van der Waals surface area contributed by atoms with E-state index in [0.717, 1.165) is 30.9 Å². The molecule has 0 saturated carbocycles. The van der Waals surface area contributed by atoms with E-state index in [0.29, 0.717) is 0 Å². The third-order valence-corrected chi connectivity index (χ3v) is 3.31. The van der Waals surface area contributed by atoms with Crippen molar-refractivity contribution >= 4 is 17.3 Å². The summed E-state index contributed by atoms with van der Waals surface area (Å²) < 4.78 is 0. The van der Waals surface area contributed by atoms with E-state index < -0.39 is 0 Å². The van der Waals surface area contributed by atoms with E-state index >= 15 is 0 Å². The number of carbonyl (C=O) groups is 1. The molecule has 1 atom stereocenters. The first-order valence-corrected chi connectivity index (χ1v) is 6.45. The third-order valence-electron chi connectivity index (χ3n) is 3.31. The standard InChI is InChI=1S/C14H21N3O/c1-4-15-13-8-9-17(14(13)18)12-7-5-6-11(10-12)16(2)3/h5-7,10,13,15H,4,8-9H2,1-3H3. The zero-order valence-electron chi connectivity index (χ0n) is 11.3. The van der Waals surface area contributed by atoms with E-state index in [1.165, 1.54) is 0 Å². The van der Waals surface area contributed by atoms with Gasteiger partial charge in [0.2, 0.25) is 5.91 Å². The third kappa shape index (κ3) is 2.48. The molecule has 1 aliphatic heterocycles. The normalized spacial score (nSPS) is 19.4. The summed E-state index contributed by atoms with van der Waals surface area (Å²) >= 11 is 0. The van der Waals surface area contributed by atoms with Crippen LogP contribution in [0.5, 0.6) is 0 Å². The van der Waals surface area contributed by atoms with Crippen LogP contribution in [0, 0.1) is 0 Å². The van der Waals surface area contributed by atoms with Crippen LogP contribution in [-0.2, 0) is 4.79 Å². The van der Waals surface area contributed by atoms with Crippen molar-refractivity contribution in [3.63, 3.8) is 0 Å². The first-order valence-electron chi connectivity index (χ1n) is 6.45. The van der Waals surface area contributed by atoms with Gasteiger partial charge >= 0.3 is 0 Å². The molecule has 1 fully saturated rings. The van der Waals surface area contributed by atoms with Gasteiger partial charge in [-0.05, 0) is 31.2 Å². The van der Waals surface area contributed by atoms with Gasteiger partial charge in [0.25, 0.3) is 0 Å². The van der Waals surface area contributed by atoms with Crippen LogP contribution >= 0.6 is 0 Å². The largest absolute Gasteiger partial charge is 0.378 e. The number of carbonyl (C=O) groups excluding carboxylic acids is 1. The van der Waals surface area contributed by atoms with Gasteiger partial charge in [-0.15, -0.1) is 0 Å². The lowest BCUT2D eigenvalue weighted by Gasteiger charge is -2.20. The monoisotopic (exact) mass is 247 g/mol. The van der Waals surface area contributed by atoms with Crippen LogP contribution < -0.4 is 15.1 Å². The van der Waals surface area contributed by atoms with E-state index in [1.807, 2.05) is 49.0 Å². The first-order chi connectivity index (χ1) is 8.63. The molecule has 4 heteroatoms. The molecule has 1 amide bonds. The van der Waals surface area contributed by atoms with E-state index in [1.54, 1.807) is 0 Å². The van der Waals surface area contributed by atoms with Gasteiger partial charge in [-0.1, -0.05) is 13.0 Å². The Hall–Kier alpha value is -1.55. The summed E-state index contributed by atoms with van der Waals surface area (Å²) in [6.07, 6.45) is 0.888. The minimum atomic E-state index is -0.0157. The molecule has 18 heavy (non-hydrogen) atoms. The topological polar surface area (TPSA) is 35.6 Å². The van der Waals surface area contributed by atoms with E-state index in [-0.39, 0.29) is 11.9 Å². The van der Waals surface area contributed by atoms with Gasteiger partial charge in [0, 0.05) is 32.0 Å². The minimum absolute atomic E-state index is 0.0157. The molecule has 0 radical (unpaired) electrons. The van der Waals surface area contributed by atoms with Crippen molar-refractivity contribution in [2.45, 2.75) is 19.4 Å². The van der Waals surface area contributed by atoms with Gasteiger partial charge in [-0.25, -0.2) is 0 Å². The molecule has 1 unspecified atom stereocenters. The summed E-state index contributed by atoms with van der Waals surface area (Å²) in [6.45, 7) is 3.66. The molecule has 1 saturated heterocycles. The molecule has 0 aliphatic carbocycles. The van der Waals surface area contributed by atoms with Crippen LogP contribution in [0.3, 0.4) is 0 Å². The number of nitrogens with zero attached hydrogens (tertiary/aromatic N) is 2. The molecule has 0 spiro atoms. The molecule has 2 rings (SSSR count). The van der Waals surface area contributed by atoms with Crippen molar-refractivity contribution in [2.24, 2.45) is 0 Å². The van der Waals surface area contributed by atoms with Gasteiger partial charge in [0.05, 0.1) is 6.04 Å². The van der Waals surface area contributed by atoms with Crippen molar-refractivity contribution < 1.29 is 4.79 Å². The predicted molar refractivity (Wildman–Crippen MR) is 75.2 cm³/mol. The van der Waals surface area contributed by atoms with E-state index in [9.17, 15) is 4.79 Å². The maximum atomic E-state index is 12.2. The molecule has 1 aromatic rings. The Morgan fingerprint density at radius 2 is 2.22 bits per heavy atom. The Bertz CT molecular complexity index is 431.